The number of nitrogens with zero attached hydrogens (tertiary/aromatic N) is 3. The van der Waals surface area contributed by atoms with Crippen molar-refractivity contribution in [1.29, 1.82) is 0 Å². The minimum atomic E-state index is -0.554. The molecule has 0 saturated heterocycles. The summed E-state index contributed by atoms with van der Waals surface area (Å²) >= 11 is 0. The Hall–Kier alpha value is -2.18. The molecule has 6 nitrogen and oxygen atoms in total. The van der Waals surface area contributed by atoms with E-state index in [4.69, 9.17) is 10.2 Å². The van der Waals surface area contributed by atoms with E-state index in [-0.39, 0.29) is 10.8 Å². The Morgan fingerprint density at radius 2 is 1.97 bits per heavy atom. The van der Waals surface area contributed by atoms with E-state index < -0.39 is 5.91 Å². The molecule has 2 aromatic heterocycles. The molecular formula is C23H36N4O2. The van der Waals surface area contributed by atoms with Gasteiger partial charge >= 0.3 is 0 Å². The molecule has 2 aromatic rings. The van der Waals surface area contributed by atoms with Crippen molar-refractivity contribution in [3.05, 3.63) is 41.4 Å². The molecule has 0 spiro atoms. The maximum Gasteiger partial charge on any atom is 0.267 e. The highest BCUT2D eigenvalue weighted by Gasteiger charge is 2.26. The molecule has 6 heteroatoms. The average Bonchev–Trinajstić information content (AvgIpc) is 2.96. The van der Waals surface area contributed by atoms with Crippen molar-refractivity contribution in [3.8, 4) is 0 Å². The maximum absolute atomic E-state index is 11.3. The van der Waals surface area contributed by atoms with Crippen LogP contribution in [0.25, 0.3) is 11.7 Å². The number of hydroxylamine groups is 1. The number of hydrogen-bond acceptors (Lipinski definition) is 4. The second kappa shape index (κ2) is 9.09. The SMILES string of the molecule is CCCN(Cc1c(C(C)(C)C)nc2cc(/C=C/C(=O)NO)ccn12)CC(C)(C)C. The Morgan fingerprint density at radius 1 is 1.28 bits per heavy atom. The Bertz CT molecular complexity index is 869. The summed E-state index contributed by atoms with van der Waals surface area (Å²) in [6, 6.07) is 3.92. The summed E-state index contributed by atoms with van der Waals surface area (Å²) < 4.78 is 2.16. The number of pyridine rings is 1. The smallest absolute Gasteiger partial charge is 0.267 e. The summed E-state index contributed by atoms with van der Waals surface area (Å²) in [6.45, 7) is 18.5. The van der Waals surface area contributed by atoms with Gasteiger partial charge in [-0.2, -0.15) is 0 Å². The first-order valence-electron chi connectivity index (χ1n) is 10.3. The highest BCUT2D eigenvalue weighted by molar-refractivity contribution is 5.90. The lowest BCUT2D eigenvalue weighted by atomic mass is 9.90. The van der Waals surface area contributed by atoms with Crippen LogP contribution in [0, 0.1) is 5.41 Å². The summed E-state index contributed by atoms with van der Waals surface area (Å²) in [5.74, 6) is -0.554. The molecule has 0 saturated carbocycles. The number of hydrogen-bond donors (Lipinski definition) is 2. The van der Waals surface area contributed by atoms with Gasteiger partial charge in [0, 0.05) is 30.8 Å². The average molecular weight is 401 g/mol. The maximum atomic E-state index is 11.3. The lowest BCUT2D eigenvalue weighted by Gasteiger charge is -2.30. The number of imidazole rings is 1. The Balaban J connectivity index is 2.48. The third-order valence-corrected chi connectivity index (χ3v) is 4.61. The van der Waals surface area contributed by atoms with E-state index in [0.717, 1.165) is 43.0 Å². The number of carbonyl (C=O) groups excluding carboxylic acids is 1. The van der Waals surface area contributed by atoms with E-state index in [1.165, 1.54) is 11.8 Å². The summed E-state index contributed by atoms with van der Waals surface area (Å²) in [4.78, 5) is 18.7. The zero-order valence-electron chi connectivity index (χ0n) is 18.9. The third-order valence-electron chi connectivity index (χ3n) is 4.61. The minimum Gasteiger partial charge on any atom is -0.302 e. The van der Waals surface area contributed by atoms with Gasteiger partial charge in [-0.25, -0.2) is 10.5 Å². The Kier molecular flexibility index (Phi) is 7.25. The van der Waals surface area contributed by atoms with Crippen molar-refractivity contribution in [2.24, 2.45) is 5.41 Å². The molecule has 2 heterocycles. The molecule has 0 atom stereocenters. The predicted octanol–water partition coefficient (Wildman–Crippen LogP) is 4.41. The van der Waals surface area contributed by atoms with Crippen LogP contribution >= 0.6 is 0 Å². The van der Waals surface area contributed by atoms with Crippen molar-refractivity contribution < 1.29 is 10.0 Å². The number of amides is 1. The fourth-order valence-corrected chi connectivity index (χ4v) is 3.59. The van der Waals surface area contributed by atoms with Crippen LogP contribution in [0.4, 0.5) is 0 Å². The fraction of sp³-hybridized carbons (Fsp3) is 0.565. The normalized spacial score (nSPS) is 13.0. The van der Waals surface area contributed by atoms with Gasteiger partial charge in [0.15, 0.2) is 0 Å². The molecular weight excluding hydrogens is 364 g/mol. The first kappa shape index (κ1) is 23.1. The molecule has 2 rings (SSSR count). The largest absolute Gasteiger partial charge is 0.302 e. The van der Waals surface area contributed by atoms with Gasteiger partial charge in [-0.1, -0.05) is 48.5 Å². The zero-order valence-corrected chi connectivity index (χ0v) is 18.9. The van der Waals surface area contributed by atoms with Crippen LogP contribution in [0.1, 0.15) is 71.8 Å². The number of rotatable bonds is 7. The molecule has 0 unspecified atom stereocenters. The monoisotopic (exact) mass is 400 g/mol. The molecule has 29 heavy (non-hydrogen) atoms. The van der Waals surface area contributed by atoms with Crippen LogP contribution < -0.4 is 5.48 Å². The summed E-state index contributed by atoms with van der Waals surface area (Å²) in [5.41, 5.74) is 5.79. The summed E-state index contributed by atoms with van der Waals surface area (Å²) in [5, 5.41) is 8.65. The van der Waals surface area contributed by atoms with Gasteiger partial charge in [0.05, 0.1) is 11.4 Å². The van der Waals surface area contributed by atoms with E-state index in [9.17, 15) is 4.79 Å². The van der Waals surface area contributed by atoms with Gasteiger partial charge in [-0.3, -0.25) is 14.9 Å². The van der Waals surface area contributed by atoms with E-state index in [2.05, 4.69) is 57.8 Å². The van der Waals surface area contributed by atoms with Gasteiger partial charge < -0.3 is 4.40 Å². The van der Waals surface area contributed by atoms with Crippen LogP contribution in [0.2, 0.25) is 0 Å². The van der Waals surface area contributed by atoms with Crippen LogP contribution in [0.3, 0.4) is 0 Å². The van der Waals surface area contributed by atoms with Gasteiger partial charge in [-0.05, 0) is 42.2 Å². The molecule has 0 bridgehead atoms. The molecule has 0 aliphatic heterocycles. The van der Waals surface area contributed by atoms with E-state index >= 15 is 0 Å². The second-order valence-electron chi connectivity index (χ2n) is 9.93. The minimum absolute atomic E-state index is 0.0756. The topological polar surface area (TPSA) is 69.9 Å². The van der Waals surface area contributed by atoms with Crippen LogP contribution in [-0.4, -0.2) is 38.5 Å². The molecule has 1 amide bonds. The second-order valence-corrected chi connectivity index (χ2v) is 9.93. The molecule has 0 fully saturated rings. The summed E-state index contributed by atoms with van der Waals surface area (Å²) in [6.07, 6.45) is 6.09. The highest BCUT2D eigenvalue weighted by Crippen LogP contribution is 2.29. The lowest BCUT2D eigenvalue weighted by molar-refractivity contribution is -0.124. The first-order chi connectivity index (χ1) is 13.4. The standard InChI is InChI=1S/C23H36N4O2/c1-8-12-26(16-22(2,3)4)15-18-21(23(5,6)7)24-19-14-17(11-13-27(18)19)9-10-20(28)25-29/h9-11,13-14,29H,8,12,15-16H2,1-7H3,(H,25,28)/b10-9+. The fourth-order valence-electron chi connectivity index (χ4n) is 3.59. The van der Waals surface area contributed by atoms with Crippen molar-refractivity contribution in [1.82, 2.24) is 19.8 Å². The number of nitrogens with one attached hydrogen (secondary N) is 1. The van der Waals surface area contributed by atoms with Crippen LogP contribution in [0.15, 0.2) is 24.4 Å². The number of fused-ring (bicyclic) bond motifs is 1. The molecule has 0 aromatic carbocycles. The molecule has 0 aliphatic carbocycles. The first-order valence-corrected chi connectivity index (χ1v) is 10.3. The number of carbonyl (C=O) groups is 1. The quantitative estimate of drug-likeness (QED) is 0.410. The van der Waals surface area contributed by atoms with Crippen LogP contribution in [-0.2, 0) is 16.8 Å². The highest BCUT2D eigenvalue weighted by atomic mass is 16.5. The number of aromatic nitrogens is 2. The van der Waals surface area contributed by atoms with E-state index in [1.54, 1.807) is 11.6 Å². The van der Waals surface area contributed by atoms with Gasteiger partial charge in [-0.15, -0.1) is 0 Å². The van der Waals surface area contributed by atoms with E-state index in [0.29, 0.717) is 0 Å². The molecule has 0 aliphatic rings. The summed E-state index contributed by atoms with van der Waals surface area (Å²) in [7, 11) is 0. The van der Waals surface area contributed by atoms with Crippen molar-refractivity contribution in [2.75, 3.05) is 13.1 Å². The third kappa shape index (κ3) is 6.41. The van der Waals surface area contributed by atoms with E-state index in [1.807, 2.05) is 18.3 Å². The van der Waals surface area contributed by atoms with Crippen LogP contribution in [0.5, 0.6) is 0 Å². The Labute approximate surface area is 174 Å². The van der Waals surface area contributed by atoms with Crippen molar-refractivity contribution in [2.45, 2.75) is 66.8 Å². The molecule has 0 radical (unpaired) electrons. The van der Waals surface area contributed by atoms with Gasteiger partial charge in [0.2, 0.25) is 0 Å². The predicted molar refractivity (Wildman–Crippen MR) is 118 cm³/mol. The van der Waals surface area contributed by atoms with Crippen molar-refractivity contribution >= 4 is 17.6 Å². The molecule has 160 valence electrons. The van der Waals surface area contributed by atoms with Gasteiger partial charge in [0.25, 0.3) is 5.91 Å². The Morgan fingerprint density at radius 3 is 2.52 bits per heavy atom. The van der Waals surface area contributed by atoms with Gasteiger partial charge in [0.1, 0.15) is 5.65 Å². The van der Waals surface area contributed by atoms with Crippen molar-refractivity contribution in [3.63, 3.8) is 0 Å². The molecule has 2 N–H and O–H groups in total. The zero-order chi connectivity index (χ0) is 21.8. The lowest BCUT2D eigenvalue weighted by Crippen LogP contribution is -2.34.